The van der Waals surface area contributed by atoms with Gasteiger partial charge in [0.25, 0.3) is 0 Å². The Labute approximate surface area is 261 Å². The van der Waals surface area contributed by atoms with Crippen LogP contribution in [0.15, 0.2) is 54.6 Å². The third kappa shape index (κ3) is 6.48. The SMILES string of the molecule is C#Cc1ccc(-c2c3nc(c(CCCCCC)c4ccc(cc5ccc([nH]5)c(CCCCCC)c5nc2C=C5)[nH]4)C=C3)cc1. The number of aromatic amines is 2. The topological polar surface area (TPSA) is 57.4 Å². The van der Waals surface area contributed by atoms with E-state index in [1.54, 1.807) is 0 Å². The van der Waals surface area contributed by atoms with E-state index in [0.717, 1.165) is 87.2 Å². The van der Waals surface area contributed by atoms with Gasteiger partial charge in [-0.3, -0.25) is 0 Å². The van der Waals surface area contributed by atoms with Gasteiger partial charge in [-0.25, -0.2) is 9.97 Å². The van der Waals surface area contributed by atoms with Gasteiger partial charge in [0.2, 0.25) is 0 Å². The molecule has 1 aromatic carbocycles. The maximum atomic E-state index is 5.70. The first-order valence-corrected chi connectivity index (χ1v) is 16.3. The first-order valence-electron chi connectivity index (χ1n) is 16.3. The largest absolute Gasteiger partial charge is 0.355 e. The van der Waals surface area contributed by atoms with Crippen LogP contribution in [0, 0.1) is 12.3 Å². The molecular weight excluding hydrogens is 536 g/mol. The fourth-order valence-electron chi connectivity index (χ4n) is 6.27. The Morgan fingerprint density at radius 2 is 1.09 bits per heavy atom. The Hall–Kier alpha value is -4.62. The van der Waals surface area contributed by atoms with Crippen molar-refractivity contribution >= 4 is 46.4 Å². The van der Waals surface area contributed by atoms with Crippen LogP contribution in [0.4, 0.5) is 0 Å². The lowest BCUT2D eigenvalue weighted by atomic mass is 10.0. The normalized spacial score (nSPS) is 12.1. The Balaban J connectivity index is 1.63. The van der Waals surface area contributed by atoms with Gasteiger partial charge in [0, 0.05) is 44.3 Å². The number of hydrogen-bond acceptors (Lipinski definition) is 2. The van der Waals surface area contributed by atoms with E-state index < -0.39 is 0 Å². The van der Waals surface area contributed by atoms with E-state index in [1.165, 1.54) is 49.7 Å². The molecule has 0 saturated heterocycles. The summed E-state index contributed by atoms with van der Waals surface area (Å²) in [6.45, 7) is 4.51. The Bertz CT molecular complexity index is 1780. The fourth-order valence-corrected chi connectivity index (χ4v) is 6.27. The van der Waals surface area contributed by atoms with Gasteiger partial charge in [-0.15, -0.1) is 6.42 Å². The van der Waals surface area contributed by atoms with Gasteiger partial charge < -0.3 is 9.97 Å². The van der Waals surface area contributed by atoms with E-state index in [9.17, 15) is 0 Å². The number of benzene rings is 1. The second-order valence-electron chi connectivity index (χ2n) is 11.9. The predicted molar refractivity (Wildman–Crippen MR) is 188 cm³/mol. The van der Waals surface area contributed by atoms with Gasteiger partial charge in [-0.2, -0.15) is 0 Å². The van der Waals surface area contributed by atoms with E-state index in [0.29, 0.717) is 0 Å². The van der Waals surface area contributed by atoms with E-state index >= 15 is 0 Å². The summed E-state index contributed by atoms with van der Waals surface area (Å²) >= 11 is 0. The Morgan fingerprint density at radius 1 is 0.591 bits per heavy atom. The highest BCUT2D eigenvalue weighted by atomic mass is 14.8. The van der Waals surface area contributed by atoms with Crippen molar-refractivity contribution in [3.8, 4) is 23.5 Å². The van der Waals surface area contributed by atoms with Gasteiger partial charge >= 0.3 is 0 Å². The molecule has 0 saturated carbocycles. The molecule has 8 bridgehead atoms. The number of terminal acetylenes is 1. The number of nitrogens with zero attached hydrogens (tertiary/aromatic N) is 2. The monoisotopic (exact) mass is 578 g/mol. The number of rotatable bonds is 11. The van der Waals surface area contributed by atoms with Gasteiger partial charge in [-0.1, -0.05) is 70.4 Å². The summed E-state index contributed by atoms with van der Waals surface area (Å²) in [7, 11) is 0. The number of aromatic nitrogens is 4. The number of fused-ring (bicyclic) bond motifs is 8. The van der Waals surface area contributed by atoms with Crippen LogP contribution in [0.2, 0.25) is 0 Å². The zero-order valence-electron chi connectivity index (χ0n) is 26.0. The number of hydrogen-bond donors (Lipinski definition) is 2. The highest BCUT2D eigenvalue weighted by molar-refractivity contribution is 5.90. The fraction of sp³-hybridized carbons (Fsp3) is 0.300. The second-order valence-corrected chi connectivity index (χ2v) is 11.9. The summed E-state index contributed by atoms with van der Waals surface area (Å²) in [6, 6.07) is 19.2. The average Bonchev–Trinajstić information content (AvgIpc) is 3.87. The summed E-state index contributed by atoms with van der Waals surface area (Å²) in [5.41, 5.74) is 13.8. The Morgan fingerprint density at radius 3 is 1.57 bits per heavy atom. The van der Waals surface area contributed by atoms with Crippen LogP contribution in [0.25, 0.3) is 57.5 Å². The first kappa shape index (κ1) is 29.5. The van der Waals surface area contributed by atoms with E-state index in [2.05, 4.69) is 96.5 Å². The molecule has 4 aromatic rings. The van der Waals surface area contributed by atoms with Gasteiger partial charge in [0.1, 0.15) is 0 Å². The average molecular weight is 579 g/mol. The predicted octanol–water partition coefficient (Wildman–Crippen LogP) is 10.5. The van der Waals surface area contributed by atoms with Crippen LogP contribution < -0.4 is 0 Å². The van der Waals surface area contributed by atoms with Crippen LogP contribution in [0.1, 0.15) is 105 Å². The van der Waals surface area contributed by atoms with Crippen molar-refractivity contribution in [3.63, 3.8) is 0 Å². The molecule has 0 atom stereocenters. The highest BCUT2D eigenvalue weighted by Gasteiger charge is 2.17. The van der Waals surface area contributed by atoms with Crippen LogP contribution >= 0.6 is 0 Å². The molecule has 0 radical (unpaired) electrons. The summed E-state index contributed by atoms with van der Waals surface area (Å²) < 4.78 is 0. The molecule has 4 nitrogen and oxygen atoms in total. The Kier molecular flexibility index (Phi) is 9.22. The number of unbranched alkanes of at least 4 members (excludes halogenated alkanes) is 6. The molecule has 44 heavy (non-hydrogen) atoms. The smallest absolute Gasteiger partial charge is 0.0737 e. The molecule has 0 aliphatic carbocycles. The summed E-state index contributed by atoms with van der Waals surface area (Å²) in [4.78, 5) is 18.0. The standard InChI is InChI=1S/C40H42N4/c1-4-7-9-11-13-32-34-21-19-30(41-34)27-31-20-22-35(42-31)33(14-12-10-8-5-2)37-24-26-39(44-37)40(38-25-23-36(32)43-38)29-17-15-28(6-3)16-18-29/h3,15-27,41-42H,4-5,7-14H2,1-2H3. The lowest BCUT2D eigenvalue weighted by Crippen LogP contribution is -1.94. The molecule has 0 unspecified atom stereocenters. The molecule has 2 N–H and O–H groups in total. The maximum absolute atomic E-state index is 5.70. The maximum Gasteiger partial charge on any atom is 0.0737 e. The van der Waals surface area contributed by atoms with Crippen LogP contribution in [0.5, 0.6) is 0 Å². The molecule has 0 fully saturated rings. The number of nitrogens with one attached hydrogen (secondary N) is 2. The van der Waals surface area contributed by atoms with Crippen molar-refractivity contribution < 1.29 is 0 Å². The summed E-state index contributed by atoms with van der Waals surface area (Å²) in [6.07, 6.45) is 26.0. The van der Waals surface area contributed by atoms with E-state index in [-0.39, 0.29) is 0 Å². The van der Waals surface area contributed by atoms with Crippen molar-refractivity contribution in [3.05, 3.63) is 94.1 Å². The quantitative estimate of drug-likeness (QED) is 0.119. The summed E-state index contributed by atoms with van der Waals surface area (Å²) in [5.74, 6) is 2.75. The minimum absolute atomic E-state index is 0.863. The van der Waals surface area contributed by atoms with Crippen LogP contribution in [0.3, 0.4) is 0 Å². The van der Waals surface area contributed by atoms with Gasteiger partial charge in [0.05, 0.1) is 22.8 Å². The molecular formula is C40H42N4. The van der Waals surface area contributed by atoms with Gasteiger partial charge in [0.15, 0.2) is 0 Å². The van der Waals surface area contributed by atoms with Crippen molar-refractivity contribution in [1.29, 1.82) is 0 Å². The molecule has 222 valence electrons. The van der Waals surface area contributed by atoms with Crippen molar-refractivity contribution in [2.45, 2.75) is 78.1 Å². The third-order valence-corrected chi connectivity index (χ3v) is 8.69. The number of aryl methyl sites for hydroxylation is 2. The molecule has 2 aliphatic heterocycles. The molecule has 0 spiro atoms. The van der Waals surface area contributed by atoms with Gasteiger partial charge in [-0.05, 0) is 98.0 Å². The number of H-pyrrole nitrogens is 2. The second kappa shape index (κ2) is 13.8. The van der Waals surface area contributed by atoms with Crippen molar-refractivity contribution in [1.82, 2.24) is 19.9 Å². The molecule has 2 aliphatic rings. The highest BCUT2D eigenvalue weighted by Crippen LogP contribution is 2.33. The minimum atomic E-state index is 0.863. The van der Waals surface area contributed by atoms with Crippen molar-refractivity contribution in [2.75, 3.05) is 0 Å². The van der Waals surface area contributed by atoms with Crippen LogP contribution in [-0.4, -0.2) is 19.9 Å². The summed E-state index contributed by atoms with van der Waals surface area (Å²) in [5, 5.41) is 0. The van der Waals surface area contributed by atoms with Crippen molar-refractivity contribution in [2.24, 2.45) is 0 Å². The minimum Gasteiger partial charge on any atom is -0.355 e. The zero-order chi connectivity index (χ0) is 30.3. The first-order chi connectivity index (χ1) is 21.7. The molecule has 0 amide bonds. The molecule has 4 heteroatoms. The van der Waals surface area contributed by atoms with Crippen LogP contribution in [-0.2, 0) is 12.8 Å². The molecule has 5 heterocycles. The third-order valence-electron chi connectivity index (χ3n) is 8.69. The lowest BCUT2D eigenvalue weighted by Gasteiger charge is -2.06. The molecule has 3 aromatic heterocycles. The van der Waals surface area contributed by atoms with E-state index in [1.807, 2.05) is 12.1 Å². The lowest BCUT2D eigenvalue weighted by molar-refractivity contribution is 0.667. The van der Waals surface area contributed by atoms with E-state index in [4.69, 9.17) is 16.4 Å². The zero-order valence-corrected chi connectivity index (χ0v) is 26.0. The molecule has 6 rings (SSSR count).